The van der Waals surface area contributed by atoms with E-state index in [4.69, 9.17) is 23.7 Å². The minimum atomic E-state index is -1.26. The van der Waals surface area contributed by atoms with Crippen LogP contribution in [0.3, 0.4) is 0 Å². The maximum absolute atomic E-state index is 11.9. The highest BCUT2D eigenvalue weighted by Crippen LogP contribution is 2.29. The lowest BCUT2D eigenvalue weighted by Gasteiger charge is -2.44. The molecule has 12 heteroatoms. The molecule has 1 aliphatic rings. The third kappa shape index (κ3) is 7.44. The number of nitrogens with one attached hydrogen (secondary N) is 1. The summed E-state index contributed by atoms with van der Waals surface area (Å²) in [5.74, 6) is -2.84. The second-order valence-electron chi connectivity index (χ2n) is 7.35. The molecule has 1 amide bonds. The van der Waals surface area contributed by atoms with Crippen LogP contribution in [0.15, 0.2) is 24.3 Å². The first-order chi connectivity index (χ1) is 16.0. The van der Waals surface area contributed by atoms with Crippen molar-refractivity contribution in [1.82, 2.24) is 5.32 Å². The van der Waals surface area contributed by atoms with Gasteiger partial charge >= 0.3 is 23.9 Å². The fraction of sp³-hybridized carbons (Fsp3) is 0.500. The third-order valence-electron chi connectivity index (χ3n) is 4.60. The second kappa shape index (κ2) is 12.0. The Bertz CT molecular complexity index is 914. The number of benzene rings is 1. The topological polar surface area (TPSA) is 153 Å². The number of amides is 1. The molecule has 0 bridgehead atoms. The van der Waals surface area contributed by atoms with Crippen molar-refractivity contribution in [2.45, 2.75) is 58.3 Å². The van der Waals surface area contributed by atoms with Gasteiger partial charge in [-0.2, -0.15) is 0 Å². The summed E-state index contributed by atoms with van der Waals surface area (Å²) in [4.78, 5) is 58.6. The van der Waals surface area contributed by atoms with Crippen LogP contribution in [-0.2, 0) is 42.9 Å². The molecular weight excluding hydrogens is 454 g/mol. The first-order valence-electron chi connectivity index (χ1n) is 10.3. The lowest BCUT2D eigenvalue weighted by Crippen LogP contribution is -2.67. The van der Waals surface area contributed by atoms with Gasteiger partial charge in [0.05, 0.1) is 12.7 Å². The molecule has 0 spiro atoms. The third-order valence-corrected chi connectivity index (χ3v) is 4.60. The normalized spacial score (nSPS) is 23.7. The van der Waals surface area contributed by atoms with E-state index in [0.717, 1.165) is 13.8 Å². The van der Waals surface area contributed by atoms with Gasteiger partial charge in [-0.3, -0.25) is 19.2 Å². The molecular formula is C22H27NO11. The van der Waals surface area contributed by atoms with Crippen LogP contribution >= 0.6 is 0 Å². The van der Waals surface area contributed by atoms with Crippen LogP contribution in [0.4, 0.5) is 0 Å². The van der Waals surface area contributed by atoms with E-state index < -0.39 is 60.4 Å². The van der Waals surface area contributed by atoms with Crippen LogP contribution in [0.25, 0.3) is 0 Å². The van der Waals surface area contributed by atoms with Gasteiger partial charge in [-0.05, 0) is 24.3 Å². The molecule has 5 atom stereocenters. The molecule has 0 aliphatic carbocycles. The van der Waals surface area contributed by atoms with Crippen molar-refractivity contribution >= 4 is 29.8 Å². The van der Waals surface area contributed by atoms with E-state index in [2.05, 4.69) is 10.1 Å². The molecule has 1 heterocycles. The Morgan fingerprint density at radius 3 is 1.97 bits per heavy atom. The quantitative estimate of drug-likeness (QED) is 0.408. The molecule has 2 rings (SSSR count). The van der Waals surface area contributed by atoms with Crippen LogP contribution < -0.4 is 10.1 Å². The van der Waals surface area contributed by atoms with Crippen molar-refractivity contribution in [3.05, 3.63) is 29.8 Å². The molecule has 0 aromatic heterocycles. The highest BCUT2D eigenvalue weighted by atomic mass is 16.7. The minimum absolute atomic E-state index is 0.242. The van der Waals surface area contributed by atoms with Gasteiger partial charge in [-0.1, -0.05) is 0 Å². The Labute approximate surface area is 195 Å². The summed E-state index contributed by atoms with van der Waals surface area (Å²) in [6.07, 6.45) is -4.82. The monoisotopic (exact) mass is 481 g/mol. The highest BCUT2D eigenvalue weighted by Gasteiger charge is 2.51. The first-order valence-corrected chi connectivity index (χ1v) is 10.3. The lowest BCUT2D eigenvalue weighted by atomic mass is 9.96. The molecule has 12 nitrogen and oxygen atoms in total. The summed E-state index contributed by atoms with van der Waals surface area (Å²) in [6.45, 7) is 4.36. The molecule has 0 unspecified atom stereocenters. The summed E-state index contributed by atoms with van der Waals surface area (Å²) >= 11 is 0. The smallest absolute Gasteiger partial charge is 0.337 e. The molecule has 1 aromatic rings. The largest absolute Gasteiger partial charge is 0.465 e. The summed E-state index contributed by atoms with van der Waals surface area (Å²) in [6, 6.07) is 4.75. The Balaban J connectivity index is 2.42. The van der Waals surface area contributed by atoms with Gasteiger partial charge in [0, 0.05) is 27.7 Å². The Morgan fingerprint density at radius 1 is 0.882 bits per heavy atom. The molecule has 1 N–H and O–H groups in total. The van der Waals surface area contributed by atoms with Crippen molar-refractivity contribution < 1.29 is 52.4 Å². The Kier molecular flexibility index (Phi) is 9.36. The molecule has 34 heavy (non-hydrogen) atoms. The van der Waals surface area contributed by atoms with Crippen LogP contribution in [-0.4, -0.2) is 74.1 Å². The fourth-order valence-electron chi connectivity index (χ4n) is 3.31. The highest BCUT2D eigenvalue weighted by molar-refractivity contribution is 5.89. The minimum Gasteiger partial charge on any atom is -0.465 e. The summed E-state index contributed by atoms with van der Waals surface area (Å²) in [5.41, 5.74) is 0.276. The molecule has 1 aliphatic heterocycles. The van der Waals surface area contributed by atoms with Crippen LogP contribution in [0.1, 0.15) is 38.1 Å². The van der Waals surface area contributed by atoms with Gasteiger partial charge in [0.25, 0.3) is 0 Å². The SMILES string of the molecule is COC(=O)c1ccc(O[C@@H]2O[C@H](COC(C)=O)[C@H](OC(C)=O)[C@H](OC(C)=O)[C@H]2NC(C)=O)cc1. The predicted molar refractivity (Wildman–Crippen MR) is 112 cm³/mol. The molecule has 0 saturated carbocycles. The number of hydrogen-bond acceptors (Lipinski definition) is 11. The maximum Gasteiger partial charge on any atom is 0.337 e. The van der Waals surface area contributed by atoms with E-state index in [1.54, 1.807) is 0 Å². The Morgan fingerprint density at radius 2 is 1.47 bits per heavy atom. The van der Waals surface area contributed by atoms with Crippen molar-refractivity contribution in [3.63, 3.8) is 0 Å². The zero-order chi connectivity index (χ0) is 25.4. The summed E-state index contributed by atoms with van der Waals surface area (Å²) < 4.78 is 32.2. The van der Waals surface area contributed by atoms with Crippen molar-refractivity contribution in [1.29, 1.82) is 0 Å². The first kappa shape index (κ1) is 26.6. The molecule has 1 saturated heterocycles. The Hall–Kier alpha value is -3.67. The van der Waals surface area contributed by atoms with Crippen molar-refractivity contribution in [2.75, 3.05) is 13.7 Å². The lowest BCUT2D eigenvalue weighted by molar-refractivity contribution is -0.257. The number of methoxy groups -OCH3 is 1. The van der Waals surface area contributed by atoms with Gasteiger partial charge in [0.1, 0.15) is 24.5 Å². The van der Waals surface area contributed by atoms with E-state index in [1.807, 2.05) is 0 Å². The molecule has 0 radical (unpaired) electrons. The van der Waals surface area contributed by atoms with Crippen LogP contribution in [0, 0.1) is 0 Å². The van der Waals surface area contributed by atoms with Gasteiger partial charge < -0.3 is 33.7 Å². The molecule has 1 fully saturated rings. The average molecular weight is 481 g/mol. The summed E-state index contributed by atoms with van der Waals surface area (Å²) in [7, 11) is 1.25. The molecule has 1 aromatic carbocycles. The van der Waals surface area contributed by atoms with E-state index in [0.29, 0.717) is 0 Å². The number of carbonyl (C=O) groups is 5. The van der Waals surface area contributed by atoms with Gasteiger partial charge in [-0.15, -0.1) is 0 Å². The average Bonchev–Trinajstić information content (AvgIpc) is 2.75. The standard InChI is InChI=1S/C22H27NO11/c1-11(24)23-18-20(32-14(4)27)19(31-13(3)26)17(10-30-12(2)25)34-22(18)33-16-8-6-15(7-9-16)21(28)29-5/h6-9,17-20,22H,10H2,1-5H3,(H,23,24)/t17-,18-,19+,20-,22-/m1/s1. The zero-order valence-electron chi connectivity index (χ0n) is 19.4. The molecule has 186 valence electrons. The number of carbonyl (C=O) groups excluding carboxylic acids is 5. The second-order valence-corrected chi connectivity index (χ2v) is 7.35. The number of rotatable bonds is 8. The van der Waals surface area contributed by atoms with E-state index in [1.165, 1.54) is 45.2 Å². The van der Waals surface area contributed by atoms with Crippen LogP contribution in [0.2, 0.25) is 0 Å². The maximum atomic E-state index is 11.9. The number of hydrogen-bond donors (Lipinski definition) is 1. The fourth-order valence-corrected chi connectivity index (χ4v) is 3.31. The van der Waals surface area contributed by atoms with Crippen molar-refractivity contribution in [2.24, 2.45) is 0 Å². The summed E-state index contributed by atoms with van der Waals surface area (Å²) in [5, 5.41) is 2.60. The zero-order valence-corrected chi connectivity index (χ0v) is 19.4. The van der Waals surface area contributed by atoms with E-state index in [-0.39, 0.29) is 17.9 Å². The van der Waals surface area contributed by atoms with Gasteiger partial charge in [0.15, 0.2) is 12.2 Å². The van der Waals surface area contributed by atoms with Gasteiger partial charge in [-0.25, -0.2) is 4.79 Å². The number of esters is 4. The van der Waals surface area contributed by atoms with E-state index in [9.17, 15) is 24.0 Å². The van der Waals surface area contributed by atoms with E-state index >= 15 is 0 Å². The van der Waals surface area contributed by atoms with Gasteiger partial charge in [0.2, 0.25) is 12.2 Å². The van der Waals surface area contributed by atoms with Crippen molar-refractivity contribution in [3.8, 4) is 5.75 Å². The number of ether oxygens (including phenoxy) is 6. The van der Waals surface area contributed by atoms with Crippen LogP contribution in [0.5, 0.6) is 5.75 Å². The predicted octanol–water partition coefficient (Wildman–Crippen LogP) is 0.508.